The van der Waals surface area contributed by atoms with Crippen molar-refractivity contribution < 1.29 is 19.1 Å². The van der Waals surface area contributed by atoms with E-state index in [-0.39, 0.29) is 30.2 Å². The molecule has 0 bridgehead atoms. The first kappa shape index (κ1) is 20.2. The Hall–Kier alpha value is -2.57. The van der Waals surface area contributed by atoms with Gasteiger partial charge in [-0.2, -0.15) is 0 Å². The summed E-state index contributed by atoms with van der Waals surface area (Å²) in [5.41, 5.74) is 0.831. The largest absolute Gasteiger partial charge is 0.449 e. The van der Waals surface area contributed by atoms with Crippen molar-refractivity contribution in [2.75, 3.05) is 44.2 Å². The van der Waals surface area contributed by atoms with Gasteiger partial charge in [0.25, 0.3) is 0 Å². The third-order valence-corrected chi connectivity index (χ3v) is 5.15. The van der Waals surface area contributed by atoms with Crippen LogP contribution in [0.3, 0.4) is 0 Å². The minimum atomic E-state index is -0.327. The molecule has 7 nitrogen and oxygen atoms in total. The van der Waals surface area contributed by atoms with E-state index in [1.54, 1.807) is 14.7 Å². The monoisotopic (exact) mass is 387 g/mol. The van der Waals surface area contributed by atoms with E-state index >= 15 is 0 Å². The molecule has 0 aromatic heterocycles. The first-order chi connectivity index (χ1) is 13.5. The van der Waals surface area contributed by atoms with Crippen molar-refractivity contribution in [2.24, 2.45) is 11.8 Å². The van der Waals surface area contributed by atoms with Gasteiger partial charge in [-0.15, -0.1) is 0 Å². The van der Waals surface area contributed by atoms with Crippen LogP contribution >= 0.6 is 0 Å². The molecule has 2 fully saturated rings. The van der Waals surface area contributed by atoms with E-state index in [1.165, 1.54) is 0 Å². The number of carbonyl (C=O) groups is 3. The number of anilines is 1. The number of hydrogen-bond donors (Lipinski definition) is 0. The van der Waals surface area contributed by atoms with Gasteiger partial charge < -0.3 is 19.4 Å². The van der Waals surface area contributed by atoms with E-state index in [0.717, 1.165) is 5.69 Å². The zero-order chi connectivity index (χ0) is 20.1. The van der Waals surface area contributed by atoms with E-state index in [2.05, 4.69) is 0 Å². The number of carbonyl (C=O) groups excluding carboxylic acids is 3. The molecule has 0 aliphatic carbocycles. The fraction of sp³-hybridized carbons (Fsp3) is 0.571. The third kappa shape index (κ3) is 4.82. The highest BCUT2D eigenvalue weighted by molar-refractivity contribution is 6.00. The number of ether oxygens (including phenoxy) is 1. The smallest absolute Gasteiger partial charge is 0.409 e. The summed E-state index contributed by atoms with van der Waals surface area (Å²) >= 11 is 0. The van der Waals surface area contributed by atoms with Gasteiger partial charge in [-0.3, -0.25) is 9.59 Å². The minimum Gasteiger partial charge on any atom is -0.449 e. The number of para-hydroxylation sites is 1. The molecular formula is C21H29N3O4. The van der Waals surface area contributed by atoms with Gasteiger partial charge in [-0.05, 0) is 24.5 Å². The van der Waals surface area contributed by atoms with Crippen molar-refractivity contribution >= 4 is 23.6 Å². The lowest BCUT2D eigenvalue weighted by molar-refractivity contribution is -0.135. The van der Waals surface area contributed by atoms with E-state index < -0.39 is 0 Å². The van der Waals surface area contributed by atoms with Gasteiger partial charge >= 0.3 is 6.09 Å². The highest BCUT2D eigenvalue weighted by Crippen LogP contribution is 2.26. The third-order valence-electron chi connectivity index (χ3n) is 5.15. The topological polar surface area (TPSA) is 70.2 Å². The average Bonchev–Trinajstić information content (AvgIpc) is 2.91. The van der Waals surface area contributed by atoms with Gasteiger partial charge in [-0.1, -0.05) is 32.0 Å². The van der Waals surface area contributed by atoms with Crippen molar-refractivity contribution in [1.29, 1.82) is 0 Å². The van der Waals surface area contributed by atoms with E-state index in [0.29, 0.717) is 51.7 Å². The molecule has 1 aromatic carbocycles. The fourth-order valence-corrected chi connectivity index (χ4v) is 3.64. The maximum Gasteiger partial charge on any atom is 0.409 e. The molecule has 3 amide bonds. The molecule has 0 N–H and O–H groups in total. The number of amides is 3. The molecule has 2 aliphatic heterocycles. The molecule has 28 heavy (non-hydrogen) atoms. The Morgan fingerprint density at radius 2 is 1.75 bits per heavy atom. The number of hydrogen-bond acceptors (Lipinski definition) is 4. The zero-order valence-corrected chi connectivity index (χ0v) is 16.7. The molecule has 152 valence electrons. The van der Waals surface area contributed by atoms with Crippen molar-refractivity contribution in [3.05, 3.63) is 30.3 Å². The molecule has 1 atom stereocenters. The molecule has 2 heterocycles. The Kier molecular flexibility index (Phi) is 6.54. The molecule has 0 saturated carbocycles. The molecule has 0 radical (unpaired) electrons. The van der Waals surface area contributed by atoms with Crippen LogP contribution in [0, 0.1) is 11.8 Å². The Labute approximate surface area is 166 Å². The Morgan fingerprint density at radius 1 is 1.07 bits per heavy atom. The van der Waals surface area contributed by atoms with Crippen molar-refractivity contribution in [3.8, 4) is 0 Å². The van der Waals surface area contributed by atoms with Crippen LogP contribution in [0.5, 0.6) is 0 Å². The predicted octanol–water partition coefficient (Wildman–Crippen LogP) is 2.37. The van der Waals surface area contributed by atoms with E-state index in [4.69, 9.17) is 4.74 Å². The second kappa shape index (κ2) is 9.08. The summed E-state index contributed by atoms with van der Waals surface area (Å²) in [7, 11) is 0. The molecule has 3 rings (SSSR count). The zero-order valence-electron chi connectivity index (χ0n) is 16.7. The maximum absolute atomic E-state index is 13.0. The van der Waals surface area contributed by atoms with Gasteiger partial charge in [-0.25, -0.2) is 4.79 Å². The minimum absolute atomic E-state index is 0.00387. The first-order valence-electron chi connectivity index (χ1n) is 10.0. The molecule has 2 saturated heterocycles. The molecular weight excluding hydrogens is 358 g/mol. The Bertz CT molecular complexity index is 707. The first-order valence-corrected chi connectivity index (χ1v) is 10.0. The van der Waals surface area contributed by atoms with Gasteiger partial charge in [0.05, 0.1) is 12.5 Å². The Morgan fingerprint density at radius 3 is 2.46 bits per heavy atom. The molecule has 7 heteroatoms. The highest BCUT2D eigenvalue weighted by atomic mass is 16.6. The molecule has 1 aromatic rings. The number of benzene rings is 1. The van der Waals surface area contributed by atoms with Gasteiger partial charge in [0.2, 0.25) is 11.8 Å². The predicted molar refractivity (Wildman–Crippen MR) is 106 cm³/mol. The fourth-order valence-electron chi connectivity index (χ4n) is 3.64. The van der Waals surface area contributed by atoms with Crippen LogP contribution in [0.1, 0.15) is 26.7 Å². The second-order valence-corrected chi connectivity index (χ2v) is 7.88. The van der Waals surface area contributed by atoms with E-state index in [9.17, 15) is 14.4 Å². The standard InChI is InChI=1S/C21H29N3O4/c1-16(2)15-28-21(27)23-10-6-9-22(11-12-23)20(26)17-13-19(25)24(14-17)18-7-4-3-5-8-18/h3-5,7-8,16-17H,6,9-15H2,1-2H3. The van der Waals surface area contributed by atoms with Crippen LogP contribution in [0.25, 0.3) is 0 Å². The summed E-state index contributed by atoms with van der Waals surface area (Å²) in [6.45, 7) is 6.94. The lowest BCUT2D eigenvalue weighted by atomic mass is 10.1. The SMILES string of the molecule is CC(C)COC(=O)N1CCCN(C(=O)C2CC(=O)N(c3ccccc3)C2)CC1. The van der Waals surface area contributed by atoms with Crippen molar-refractivity contribution in [1.82, 2.24) is 9.80 Å². The van der Waals surface area contributed by atoms with Crippen LogP contribution in [0.15, 0.2) is 30.3 Å². The Balaban J connectivity index is 1.55. The quantitative estimate of drug-likeness (QED) is 0.795. The highest BCUT2D eigenvalue weighted by Gasteiger charge is 2.37. The maximum atomic E-state index is 13.0. The van der Waals surface area contributed by atoms with Gasteiger partial charge in [0, 0.05) is 44.8 Å². The van der Waals surface area contributed by atoms with Crippen LogP contribution in [-0.2, 0) is 14.3 Å². The lowest BCUT2D eigenvalue weighted by Crippen LogP contribution is -2.41. The van der Waals surface area contributed by atoms with Gasteiger partial charge in [0.15, 0.2) is 0 Å². The average molecular weight is 387 g/mol. The van der Waals surface area contributed by atoms with Crippen LogP contribution in [0.2, 0.25) is 0 Å². The van der Waals surface area contributed by atoms with Crippen molar-refractivity contribution in [2.45, 2.75) is 26.7 Å². The van der Waals surface area contributed by atoms with Crippen LogP contribution < -0.4 is 4.90 Å². The summed E-state index contributed by atoms with van der Waals surface area (Å²) in [6, 6.07) is 9.45. The number of nitrogens with zero attached hydrogens (tertiary/aromatic N) is 3. The summed E-state index contributed by atoms with van der Waals surface area (Å²) in [6.07, 6.45) is 0.643. The number of rotatable bonds is 4. The molecule has 1 unspecified atom stereocenters. The summed E-state index contributed by atoms with van der Waals surface area (Å²) in [5.74, 6) is -0.0453. The van der Waals surface area contributed by atoms with Crippen molar-refractivity contribution in [3.63, 3.8) is 0 Å². The normalized spacial score (nSPS) is 20.5. The van der Waals surface area contributed by atoms with E-state index in [1.807, 2.05) is 44.2 Å². The summed E-state index contributed by atoms with van der Waals surface area (Å²) in [4.78, 5) is 42.7. The summed E-state index contributed by atoms with van der Waals surface area (Å²) in [5, 5.41) is 0. The molecule has 0 spiro atoms. The van der Waals surface area contributed by atoms with Gasteiger partial charge in [0.1, 0.15) is 0 Å². The van der Waals surface area contributed by atoms with Crippen LogP contribution in [-0.4, -0.2) is 67.0 Å². The molecule has 2 aliphatic rings. The summed E-state index contributed by atoms with van der Waals surface area (Å²) < 4.78 is 5.30. The lowest BCUT2D eigenvalue weighted by Gasteiger charge is -2.24. The van der Waals surface area contributed by atoms with Crippen LogP contribution in [0.4, 0.5) is 10.5 Å². The second-order valence-electron chi connectivity index (χ2n) is 7.88.